The molecule has 1 heterocycles. The van der Waals surface area contributed by atoms with Crippen LogP contribution >= 0.6 is 0 Å². The summed E-state index contributed by atoms with van der Waals surface area (Å²) >= 11 is 0. The lowest BCUT2D eigenvalue weighted by Gasteiger charge is -1.78. The van der Waals surface area contributed by atoms with Gasteiger partial charge in [-0.15, -0.1) is 0 Å². The number of nitrogen functional groups attached to an aromatic ring is 1. The summed E-state index contributed by atoms with van der Waals surface area (Å²) in [6.45, 7) is 0. The molecule has 0 saturated heterocycles. The van der Waals surface area contributed by atoms with Gasteiger partial charge in [-0.05, 0) is 6.07 Å². The van der Waals surface area contributed by atoms with Crippen molar-refractivity contribution < 1.29 is 0 Å². The van der Waals surface area contributed by atoms with Crippen LogP contribution in [-0.2, 0) is 0 Å². The lowest BCUT2D eigenvalue weighted by atomic mass is 10.8. The molecule has 3 nitrogen and oxygen atoms in total. The second-order valence-electron chi connectivity index (χ2n) is 0.986. The molecule has 0 aliphatic carbocycles. The fourth-order valence-electron chi connectivity index (χ4n) is 0.281. The SMILES string of the molecule is N[15n]1ccc[15n]1. The van der Waals surface area contributed by atoms with E-state index in [9.17, 15) is 0 Å². The number of rotatable bonds is 0. The molecule has 1 rings (SSSR count). The fourth-order valence-corrected chi connectivity index (χ4v) is 0.281. The van der Waals surface area contributed by atoms with Gasteiger partial charge in [0.05, 0.1) is 6.20 Å². The van der Waals surface area contributed by atoms with E-state index >= 15 is 0 Å². The Labute approximate surface area is 35.3 Å². The van der Waals surface area contributed by atoms with Gasteiger partial charge in [-0.3, -0.25) is 0 Å². The van der Waals surface area contributed by atoms with Gasteiger partial charge in [-0.25, -0.2) is 0 Å². The molecule has 0 bridgehead atoms. The second-order valence-corrected chi connectivity index (χ2v) is 0.986. The summed E-state index contributed by atoms with van der Waals surface area (Å²) in [5, 5.41) is 3.61. The molecule has 0 aliphatic heterocycles. The lowest BCUT2D eigenvalue weighted by molar-refractivity contribution is 0.832. The molecule has 1 aromatic rings. The molecule has 0 atom stereocenters. The Morgan fingerprint density at radius 3 is 2.67 bits per heavy atom. The van der Waals surface area contributed by atoms with Crippen molar-refractivity contribution in [2.45, 2.75) is 0 Å². The number of hydrogen-bond donors (Lipinski definition) is 1. The predicted octanol–water partition coefficient (Wildman–Crippen LogP) is -0.403. The molecule has 3 heteroatoms. The lowest BCUT2D eigenvalue weighted by Crippen LogP contribution is -2.06. The van der Waals surface area contributed by atoms with Crippen LogP contribution < -0.4 is 5.84 Å². The highest BCUT2D eigenvalue weighted by Crippen LogP contribution is 1.70. The zero-order valence-electron chi connectivity index (χ0n) is 3.20. The molecule has 2 N–H and O–H groups in total. The topological polar surface area (TPSA) is 43.8 Å². The van der Waals surface area contributed by atoms with Crippen molar-refractivity contribution in [3.63, 3.8) is 0 Å². The van der Waals surface area contributed by atoms with Crippen molar-refractivity contribution in [3.05, 3.63) is 18.5 Å². The minimum Gasteiger partial charge on any atom is -0.323 e. The van der Waals surface area contributed by atoms with Crippen LogP contribution in [0.25, 0.3) is 0 Å². The first-order chi connectivity index (χ1) is 2.89. The third-order valence-corrected chi connectivity index (χ3v) is 0.525. The molecule has 0 unspecified atom stereocenters. The minimum absolute atomic E-state index is 1.25. The maximum absolute atomic E-state index is 5.08. The van der Waals surface area contributed by atoms with Crippen molar-refractivity contribution in [3.8, 4) is 0 Å². The Kier molecular flexibility index (Phi) is 0.538. The summed E-state index contributed by atoms with van der Waals surface area (Å²) in [7, 11) is 0. The van der Waals surface area contributed by atoms with Crippen LogP contribution in [0.2, 0.25) is 0 Å². The monoisotopic (exact) mass is 85.0 g/mol. The summed E-state index contributed by atoms with van der Waals surface area (Å²) in [6, 6.07) is 1.76. The van der Waals surface area contributed by atoms with Crippen LogP contribution in [0.4, 0.5) is 0 Å². The van der Waals surface area contributed by atoms with Crippen molar-refractivity contribution >= 4 is 0 Å². The van der Waals surface area contributed by atoms with Crippen molar-refractivity contribution in [2.24, 2.45) is 0 Å². The van der Waals surface area contributed by atoms with Gasteiger partial charge in [0.1, 0.15) is 0 Å². The van der Waals surface area contributed by atoms with E-state index in [4.69, 9.17) is 5.84 Å². The van der Waals surface area contributed by atoms with Gasteiger partial charge in [0, 0.05) is 6.20 Å². The smallest absolute Gasteiger partial charge is 0.0510 e. The van der Waals surface area contributed by atoms with Crippen molar-refractivity contribution in [1.29, 1.82) is 0 Å². The van der Waals surface area contributed by atoms with Crippen LogP contribution in [0.1, 0.15) is 0 Å². The van der Waals surface area contributed by atoms with Crippen LogP contribution in [-0.4, -0.2) is 9.89 Å². The zero-order valence-corrected chi connectivity index (χ0v) is 3.20. The van der Waals surface area contributed by atoms with E-state index in [0.717, 1.165) is 0 Å². The van der Waals surface area contributed by atoms with Gasteiger partial charge in [0.15, 0.2) is 0 Å². The number of nitrogens with zero attached hydrogens (tertiary/aromatic N) is 2. The van der Waals surface area contributed by atoms with E-state index in [-0.39, 0.29) is 0 Å². The van der Waals surface area contributed by atoms with Crippen LogP contribution in [0.3, 0.4) is 0 Å². The molecule has 1 aromatic heterocycles. The molecule has 0 saturated carbocycles. The summed E-state index contributed by atoms with van der Waals surface area (Å²) in [5.41, 5.74) is 0. The standard InChI is InChI=1S/C3H5N3/c4-6-3-1-2-5-6/h1-3H,4H2/i5+1,6+1. The highest BCUT2D eigenvalue weighted by molar-refractivity contribution is 4.76. The Bertz CT molecular complexity index is 110. The molecular weight excluding hydrogens is 80.0 g/mol. The first kappa shape index (κ1) is 3.21. The molecular formula is C3H5N3. The Morgan fingerprint density at radius 2 is 2.50 bits per heavy atom. The van der Waals surface area contributed by atoms with Crippen molar-refractivity contribution in [1.82, 2.24) is 9.89 Å². The molecule has 0 spiro atoms. The Hall–Kier alpha value is -0.990. The zero-order chi connectivity index (χ0) is 4.41. The van der Waals surface area contributed by atoms with E-state index in [0.29, 0.717) is 0 Å². The van der Waals surface area contributed by atoms with E-state index in [1.807, 2.05) is 0 Å². The molecule has 0 aromatic carbocycles. The molecule has 0 amide bonds. The van der Waals surface area contributed by atoms with Gasteiger partial charge < -0.3 is 5.84 Å². The van der Waals surface area contributed by atoms with Gasteiger partial charge in [-0.2, -0.15) is 9.89 Å². The quantitative estimate of drug-likeness (QED) is 0.435. The number of nitrogens with two attached hydrogens (primary N) is 1. The van der Waals surface area contributed by atoms with Gasteiger partial charge in [0.25, 0.3) is 0 Å². The van der Waals surface area contributed by atoms with Crippen LogP contribution in [0.15, 0.2) is 18.5 Å². The average Bonchev–Trinajstić information content (AvgIpc) is 1.86. The third kappa shape index (κ3) is 0.337. The van der Waals surface area contributed by atoms with E-state index in [1.165, 1.54) is 4.79 Å². The third-order valence-electron chi connectivity index (χ3n) is 0.525. The summed E-state index contributed by atoms with van der Waals surface area (Å²) in [5.74, 6) is 5.08. The normalized spacial score (nSPS) is 8.67. The average molecular weight is 85.1 g/mol. The minimum atomic E-state index is 1.25. The number of hydrogen-bond acceptors (Lipinski definition) is 2. The maximum Gasteiger partial charge on any atom is 0.0510 e. The summed E-state index contributed by atoms with van der Waals surface area (Å²) in [6.07, 6.45) is 3.29. The molecule has 0 aliphatic rings. The summed E-state index contributed by atoms with van der Waals surface area (Å²) < 4.78 is 0. The van der Waals surface area contributed by atoms with E-state index in [1.54, 1.807) is 18.5 Å². The molecule has 0 fully saturated rings. The van der Waals surface area contributed by atoms with Gasteiger partial charge in [0.2, 0.25) is 0 Å². The fraction of sp³-hybridized carbons (Fsp3) is 0. The van der Waals surface area contributed by atoms with Crippen LogP contribution in [0.5, 0.6) is 0 Å². The maximum atomic E-state index is 5.08. The molecule has 6 heavy (non-hydrogen) atoms. The predicted molar refractivity (Wildman–Crippen MR) is 22.4 cm³/mol. The number of aromatic nitrogens is 2. The second kappa shape index (κ2) is 1.01. The largest absolute Gasteiger partial charge is 0.323 e. The highest BCUT2D eigenvalue weighted by Gasteiger charge is 1.69. The Balaban J connectivity index is 3.05. The van der Waals surface area contributed by atoms with Crippen molar-refractivity contribution in [2.75, 3.05) is 5.84 Å². The molecule has 32 valence electrons. The van der Waals surface area contributed by atoms with Gasteiger partial charge in [-0.1, -0.05) is 0 Å². The van der Waals surface area contributed by atoms with Crippen LogP contribution in [0, 0.1) is 0 Å². The first-order valence-corrected chi connectivity index (χ1v) is 1.64. The first-order valence-electron chi connectivity index (χ1n) is 1.64. The van der Waals surface area contributed by atoms with E-state index < -0.39 is 0 Å². The van der Waals surface area contributed by atoms with Gasteiger partial charge >= 0.3 is 0 Å². The highest BCUT2D eigenvalue weighted by atomic mass is 16.2. The summed E-state index contributed by atoms with van der Waals surface area (Å²) in [4.78, 5) is 1.25. The Morgan fingerprint density at radius 1 is 1.67 bits per heavy atom. The van der Waals surface area contributed by atoms with E-state index in [2.05, 4.69) is 5.10 Å². The molecule has 0 radical (unpaired) electrons.